The SMILES string of the molecule is COCC(O)CN(C)C(=O)N1CCN(CCC(=O)O)CC1. The summed E-state index contributed by atoms with van der Waals surface area (Å²) >= 11 is 0. The first-order valence-electron chi connectivity index (χ1n) is 7.05. The molecular weight excluding hydrogens is 278 g/mol. The summed E-state index contributed by atoms with van der Waals surface area (Å²) in [7, 11) is 3.15. The van der Waals surface area contributed by atoms with Gasteiger partial charge in [-0.2, -0.15) is 0 Å². The number of aliphatic hydroxyl groups is 1. The molecule has 2 N–H and O–H groups in total. The van der Waals surface area contributed by atoms with Gasteiger partial charge in [-0.3, -0.25) is 9.69 Å². The van der Waals surface area contributed by atoms with Crippen LogP contribution in [0.2, 0.25) is 0 Å². The summed E-state index contributed by atoms with van der Waals surface area (Å²) in [5.74, 6) is -0.805. The van der Waals surface area contributed by atoms with Crippen LogP contribution in [0.4, 0.5) is 4.79 Å². The lowest BCUT2D eigenvalue weighted by Crippen LogP contribution is -2.53. The average molecular weight is 303 g/mol. The number of carboxylic acids is 1. The number of nitrogens with zero attached hydrogens (tertiary/aromatic N) is 3. The number of piperazine rings is 1. The molecule has 0 aromatic heterocycles. The highest BCUT2D eigenvalue weighted by atomic mass is 16.5. The number of hydrogen-bond donors (Lipinski definition) is 2. The first kappa shape index (κ1) is 17.7. The highest BCUT2D eigenvalue weighted by Crippen LogP contribution is 2.06. The summed E-state index contributed by atoms with van der Waals surface area (Å²) in [6.45, 7) is 3.43. The Morgan fingerprint density at radius 2 is 1.90 bits per heavy atom. The lowest BCUT2D eigenvalue weighted by Gasteiger charge is -2.36. The van der Waals surface area contributed by atoms with Gasteiger partial charge in [0, 0.05) is 46.9 Å². The first-order chi connectivity index (χ1) is 9.93. The van der Waals surface area contributed by atoms with E-state index in [0.717, 1.165) is 0 Å². The third-order valence-electron chi connectivity index (χ3n) is 3.45. The Morgan fingerprint density at radius 3 is 2.43 bits per heavy atom. The number of urea groups is 1. The molecule has 8 heteroatoms. The van der Waals surface area contributed by atoms with E-state index >= 15 is 0 Å². The fraction of sp³-hybridized carbons (Fsp3) is 0.846. The molecular formula is C13H25N3O5. The molecule has 0 saturated carbocycles. The van der Waals surface area contributed by atoms with Crippen LogP contribution >= 0.6 is 0 Å². The van der Waals surface area contributed by atoms with Gasteiger partial charge in [-0.05, 0) is 0 Å². The van der Waals surface area contributed by atoms with Crippen molar-refractivity contribution >= 4 is 12.0 Å². The second-order valence-electron chi connectivity index (χ2n) is 5.24. The maximum absolute atomic E-state index is 12.2. The highest BCUT2D eigenvalue weighted by molar-refractivity contribution is 5.74. The van der Waals surface area contributed by atoms with Gasteiger partial charge in [-0.15, -0.1) is 0 Å². The normalized spacial score (nSPS) is 17.6. The molecule has 8 nitrogen and oxygen atoms in total. The molecule has 1 unspecified atom stereocenters. The van der Waals surface area contributed by atoms with Gasteiger partial charge in [0.05, 0.1) is 25.7 Å². The topological polar surface area (TPSA) is 93.6 Å². The number of carbonyl (C=O) groups is 2. The maximum Gasteiger partial charge on any atom is 0.319 e. The number of aliphatic hydroxyl groups excluding tert-OH is 1. The van der Waals surface area contributed by atoms with Crippen molar-refractivity contribution in [3.05, 3.63) is 0 Å². The summed E-state index contributed by atoms with van der Waals surface area (Å²) < 4.78 is 4.83. The molecule has 122 valence electrons. The fourth-order valence-electron chi connectivity index (χ4n) is 2.30. The van der Waals surface area contributed by atoms with Crippen LogP contribution in [0.1, 0.15) is 6.42 Å². The second kappa shape index (κ2) is 8.81. The predicted molar refractivity (Wildman–Crippen MR) is 76.2 cm³/mol. The largest absolute Gasteiger partial charge is 0.481 e. The van der Waals surface area contributed by atoms with Crippen molar-refractivity contribution in [3.8, 4) is 0 Å². The van der Waals surface area contributed by atoms with Crippen molar-refractivity contribution in [2.24, 2.45) is 0 Å². The molecule has 1 aliphatic rings. The molecule has 0 aromatic rings. The monoisotopic (exact) mass is 303 g/mol. The van der Waals surface area contributed by atoms with E-state index in [0.29, 0.717) is 32.7 Å². The van der Waals surface area contributed by atoms with Crippen molar-refractivity contribution < 1.29 is 24.5 Å². The smallest absolute Gasteiger partial charge is 0.319 e. The second-order valence-corrected chi connectivity index (χ2v) is 5.24. The Labute approximate surface area is 124 Å². The minimum Gasteiger partial charge on any atom is -0.481 e. The number of ether oxygens (including phenoxy) is 1. The van der Waals surface area contributed by atoms with Gasteiger partial charge in [0.1, 0.15) is 0 Å². The lowest BCUT2D eigenvalue weighted by molar-refractivity contribution is -0.137. The van der Waals surface area contributed by atoms with Crippen LogP contribution in [0.5, 0.6) is 0 Å². The molecule has 2 amide bonds. The number of carbonyl (C=O) groups excluding carboxylic acids is 1. The van der Waals surface area contributed by atoms with Crippen LogP contribution in [-0.2, 0) is 9.53 Å². The van der Waals surface area contributed by atoms with Gasteiger partial charge in [0.25, 0.3) is 0 Å². The Balaban J connectivity index is 2.32. The van der Waals surface area contributed by atoms with E-state index in [1.54, 1.807) is 11.9 Å². The van der Waals surface area contributed by atoms with Crippen molar-refractivity contribution in [1.82, 2.24) is 14.7 Å². The Hall–Kier alpha value is -1.38. The van der Waals surface area contributed by atoms with Gasteiger partial charge in [0.2, 0.25) is 0 Å². The van der Waals surface area contributed by atoms with E-state index in [1.165, 1.54) is 12.0 Å². The minimum atomic E-state index is -0.805. The molecule has 1 saturated heterocycles. The molecule has 0 spiro atoms. The number of likely N-dealkylation sites (N-methyl/N-ethyl adjacent to an activating group) is 1. The third kappa shape index (κ3) is 6.28. The zero-order chi connectivity index (χ0) is 15.8. The summed E-state index contributed by atoms with van der Waals surface area (Å²) in [5.41, 5.74) is 0. The number of carboxylic acid groups (broad SMARTS) is 1. The van der Waals surface area contributed by atoms with Gasteiger partial charge in [0.15, 0.2) is 0 Å². The Bertz CT molecular complexity index is 345. The Kier molecular flexibility index (Phi) is 7.41. The van der Waals surface area contributed by atoms with Crippen LogP contribution in [0.3, 0.4) is 0 Å². The van der Waals surface area contributed by atoms with Crippen molar-refractivity contribution in [2.75, 3.05) is 60.0 Å². The summed E-state index contributed by atoms with van der Waals surface area (Å²) in [5, 5.41) is 18.3. The highest BCUT2D eigenvalue weighted by Gasteiger charge is 2.24. The molecule has 1 rings (SSSR count). The summed E-state index contributed by atoms with van der Waals surface area (Å²) in [6, 6.07) is -0.122. The molecule has 1 heterocycles. The van der Waals surface area contributed by atoms with Gasteiger partial charge in [-0.25, -0.2) is 4.79 Å². The summed E-state index contributed by atoms with van der Waals surface area (Å²) in [6.07, 6.45) is -0.572. The zero-order valence-corrected chi connectivity index (χ0v) is 12.7. The lowest BCUT2D eigenvalue weighted by atomic mass is 10.3. The summed E-state index contributed by atoms with van der Waals surface area (Å²) in [4.78, 5) is 28.0. The average Bonchev–Trinajstić information content (AvgIpc) is 2.45. The molecule has 0 aliphatic carbocycles. The number of methoxy groups -OCH3 is 1. The van der Waals surface area contributed by atoms with Crippen molar-refractivity contribution in [1.29, 1.82) is 0 Å². The van der Waals surface area contributed by atoms with Crippen molar-refractivity contribution in [3.63, 3.8) is 0 Å². The van der Waals surface area contributed by atoms with Gasteiger partial charge >= 0.3 is 12.0 Å². The first-order valence-corrected chi connectivity index (χ1v) is 7.05. The van der Waals surface area contributed by atoms with Gasteiger partial charge in [-0.1, -0.05) is 0 Å². The molecule has 0 radical (unpaired) electrons. The van der Waals surface area contributed by atoms with E-state index in [-0.39, 0.29) is 25.6 Å². The van der Waals surface area contributed by atoms with E-state index in [1.807, 2.05) is 4.90 Å². The fourth-order valence-corrected chi connectivity index (χ4v) is 2.30. The quantitative estimate of drug-likeness (QED) is 0.635. The zero-order valence-electron chi connectivity index (χ0n) is 12.7. The number of aliphatic carboxylic acids is 1. The Morgan fingerprint density at radius 1 is 1.29 bits per heavy atom. The minimum absolute atomic E-state index is 0.122. The molecule has 0 aromatic carbocycles. The molecule has 21 heavy (non-hydrogen) atoms. The predicted octanol–water partition coefficient (Wildman–Crippen LogP) is -0.862. The van der Waals surface area contributed by atoms with Crippen LogP contribution < -0.4 is 0 Å². The molecule has 1 aliphatic heterocycles. The molecule has 1 fully saturated rings. The van der Waals surface area contributed by atoms with Crippen LogP contribution in [0.15, 0.2) is 0 Å². The van der Waals surface area contributed by atoms with Gasteiger partial charge < -0.3 is 24.7 Å². The van der Waals surface area contributed by atoms with Crippen molar-refractivity contribution in [2.45, 2.75) is 12.5 Å². The third-order valence-corrected chi connectivity index (χ3v) is 3.45. The van der Waals surface area contributed by atoms with Crippen LogP contribution in [-0.4, -0.2) is 103 Å². The number of rotatable bonds is 7. The molecule has 0 bridgehead atoms. The van der Waals surface area contributed by atoms with E-state index in [4.69, 9.17) is 9.84 Å². The molecule has 1 atom stereocenters. The number of amides is 2. The van der Waals surface area contributed by atoms with E-state index in [2.05, 4.69) is 0 Å². The van der Waals surface area contributed by atoms with E-state index < -0.39 is 12.1 Å². The van der Waals surface area contributed by atoms with Crippen LogP contribution in [0.25, 0.3) is 0 Å². The number of hydrogen-bond acceptors (Lipinski definition) is 5. The standard InChI is InChI=1S/C13H25N3O5/c1-14(9-11(17)10-21-2)13(20)16-7-5-15(6-8-16)4-3-12(18)19/h11,17H,3-10H2,1-2H3,(H,18,19). The maximum atomic E-state index is 12.2. The van der Waals surface area contributed by atoms with E-state index in [9.17, 15) is 14.7 Å². The van der Waals surface area contributed by atoms with Crippen LogP contribution in [0, 0.1) is 0 Å².